The molecule has 0 fully saturated rings. The predicted molar refractivity (Wildman–Crippen MR) is 87.7 cm³/mol. The minimum atomic E-state index is -3.65. The molecule has 0 spiro atoms. The van der Waals surface area contributed by atoms with Crippen molar-refractivity contribution >= 4 is 43.2 Å². The van der Waals surface area contributed by atoms with Crippen LogP contribution in [0.1, 0.15) is 0 Å². The number of benzene rings is 2. The minimum absolute atomic E-state index is 0.174. The molecule has 0 heterocycles. The van der Waals surface area contributed by atoms with Crippen LogP contribution in [0.4, 0.5) is 5.69 Å². The van der Waals surface area contributed by atoms with Crippen LogP contribution in [-0.2, 0) is 10.0 Å². The van der Waals surface area contributed by atoms with Gasteiger partial charge >= 0.3 is 0 Å². The topological polar surface area (TPSA) is 46.6 Å². The Morgan fingerprint density at radius 3 is 2.29 bits per heavy atom. The fourth-order valence-corrected chi connectivity index (χ4v) is 3.80. The van der Waals surface area contributed by atoms with Crippen LogP contribution in [0.2, 0.25) is 5.02 Å². The number of methoxy groups -OCH3 is 1. The van der Waals surface area contributed by atoms with Crippen molar-refractivity contribution in [3.63, 3.8) is 0 Å². The first-order chi connectivity index (χ1) is 9.86. The van der Waals surface area contributed by atoms with Gasteiger partial charge in [0, 0.05) is 12.1 Å². The van der Waals surface area contributed by atoms with Gasteiger partial charge in [-0.05, 0) is 58.4 Å². The number of sulfonamides is 1. The Labute approximate surface area is 137 Å². The van der Waals surface area contributed by atoms with E-state index in [4.69, 9.17) is 16.3 Å². The van der Waals surface area contributed by atoms with Gasteiger partial charge in [0.2, 0.25) is 0 Å². The lowest BCUT2D eigenvalue weighted by molar-refractivity contribution is 0.411. The first-order valence-electron chi connectivity index (χ1n) is 5.94. The highest BCUT2D eigenvalue weighted by atomic mass is 79.9. The molecule has 4 nitrogen and oxygen atoms in total. The largest absolute Gasteiger partial charge is 0.496 e. The van der Waals surface area contributed by atoms with Gasteiger partial charge in [-0.25, -0.2) is 8.42 Å². The minimum Gasteiger partial charge on any atom is -0.496 e. The Morgan fingerprint density at radius 1 is 1.14 bits per heavy atom. The van der Waals surface area contributed by atoms with Gasteiger partial charge in [0.25, 0.3) is 10.0 Å². The van der Waals surface area contributed by atoms with Gasteiger partial charge in [-0.1, -0.05) is 11.6 Å². The van der Waals surface area contributed by atoms with Crippen molar-refractivity contribution < 1.29 is 13.2 Å². The quantitative estimate of drug-likeness (QED) is 0.794. The molecule has 0 amide bonds. The zero-order chi connectivity index (χ0) is 15.6. The molecule has 0 atom stereocenters. The number of rotatable bonds is 4. The predicted octanol–water partition coefficient (Wildman–Crippen LogP) is 3.94. The van der Waals surface area contributed by atoms with Gasteiger partial charge in [-0.15, -0.1) is 0 Å². The molecular formula is C14H13BrClNO3S. The molecule has 0 saturated carbocycles. The van der Waals surface area contributed by atoms with Gasteiger partial charge in [-0.2, -0.15) is 0 Å². The first-order valence-corrected chi connectivity index (χ1v) is 8.55. The summed E-state index contributed by atoms with van der Waals surface area (Å²) in [5, 5.41) is 0.553. The average Bonchev–Trinajstić information content (AvgIpc) is 2.47. The highest BCUT2D eigenvalue weighted by Gasteiger charge is 2.22. The summed E-state index contributed by atoms with van der Waals surface area (Å²) in [6, 6.07) is 11.2. The molecule has 7 heteroatoms. The molecule has 112 valence electrons. The molecule has 0 aromatic heterocycles. The SMILES string of the molecule is COc1ccc(S(=O)(=O)N(C)c2ccc(Cl)cc2)cc1Br. The summed E-state index contributed by atoms with van der Waals surface area (Å²) in [6.45, 7) is 0. The van der Waals surface area contributed by atoms with Crippen molar-refractivity contribution in [2.45, 2.75) is 4.90 Å². The molecule has 21 heavy (non-hydrogen) atoms. The van der Waals surface area contributed by atoms with E-state index in [9.17, 15) is 8.42 Å². The first kappa shape index (κ1) is 16.1. The second kappa shape index (κ2) is 6.25. The van der Waals surface area contributed by atoms with Crippen molar-refractivity contribution in [1.82, 2.24) is 0 Å². The van der Waals surface area contributed by atoms with Crippen LogP contribution in [0.15, 0.2) is 51.8 Å². The number of hydrogen-bond donors (Lipinski definition) is 0. The Balaban J connectivity index is 2.41. The molecule has 2 aromatic rings. The van der Waals surface area contributed by atoms with Crippen molar-refractivity contribution in [3.05, 3.63) is 52.0 Å². The van der Waals surface area contributed by atoms with Crippen molar-refractivity contribution in [2.75, 3.05) is 18.5 Å². The Bertz CT molecular complexity index is 747. The van der Waals surface area contributed by atoms with Crippen LogP contribution < -0.4 is 9.04 Å². The van der Waals surface area contributed by atoms with E-state index in [1.54, 1.807) is 30.3 Å². The van der Waals surface area contributed by atoms with Crippen LogP contribution in [0, 0.1) is 0 Å². The van der Waals surface area contributed by atoms with Crippen molar-refractivity contribution in [3.8, 4) is 5.75 Å². The van der Waals surface area contributed by atoms with Crippen LogP contribution in [0.25, 0.3) is 0 Å². The molecule has 2 rings (SSSR count). The number of ether oxygens (including phenoxy) is 1. The van der Waals surface area contributed by atoms with E-state index in [1.807, 2.05) is 0 Å². The molecular weight excluding hydrogens is 378 g/mol. The Hall–Kier alpha value is -1.24. The van der Waals surface area contributed by atoms with Crippen LogP contribution in [-0.4, -0.2) is 22.6 Å². The molecule has 0 bridgehead atoms. The smallest absolute Gasteiger partial charge is 0.264 e. The highest BCUT2D eigenvalue weighted by Crippen LogP contribution is 2.30. The number of halogens is 2. The maximum atomic E-state index is 12.6. The molecule has 0 saturated heterocycles. The van der Waals surface area contributed by atoms with E-state index in [0.717, 1.165) is 0 Å². The molecule has 0 N–H and O–H groups in total. The fraction of sp³-hybridized carbons (Fsp3) is 0.143. The zero-order valence-electron chi connectivity index (χ0n) is 11.4. The lowest BCUT2D eigenvalue weighted by Gasteiger charge is -2.20. The molecule has 0 aliphatic carbocycles. The van der Waals surface area contributed by atoms with E-state index < -0.39 is 10.0 Å². The van der Waals surface area contributed by atoms with Gasteiger partial charge in [0.1, 0.15) is 5.75 Å². The van der Waals surface area contributed by atoms with Crippen LogP contribution >= 0.6 is 27.5 Å². The summed E-state index contributed by atoms with van der Waals surface area (Å²) in [5.41, 5.74) is 0.534. The van der Waals surface area contributed by atoms with E-state index in [1.165, 1.54) is 30.6 Å². The molecule has 0 unspecified atom stereocenters. The summed E-state index contributed by atoms with van der Waals surface area (Å²) in [5.74, 6) is 0.572. The fourth-order valence-electron chi connectivity index (χ4n) is 1.76. The normalized spacial score (nSPS) is 11.2. The summed E-state index contributed by atoms with van der Waals surface area (Å²) < 4.78 is 32.1. The molecule has 0 aliphatic heterocycles. The second-order valence-corrected chi connectivity index (χ2v) is 7.51. The maximum Gasteiger partial charge on any atom is 0.264 e. The average molecular weight is 391 g/mol. The third-order valence-corrected chi connectivity index (χ3v) is 5.63. The maximum absolute atomic E-state index is 12.6. The van der Waals surface area contributed by atoms with E-state index >= 15 is 0 Å². The monoisotopic (exact) mass is 389 g/mol. The summed E-state index contributed by atoms with van der Waals surface area (Å²) in [7, 11) is -0.629. The third kappa shape index (κ3) is 3.33. The number of hydrogen-bond acceptors (Lipinski definition) is 3. The summed E-state index contributed by atoms with van der Waals surface area (Å²) in [6.07, 6.45) is 0. The second-order valence-electron chi connectivity index (χ2n) is 4.25. The third-order valence-electron chi connectivity index (χ3n) is 2.97. The summed E-state index contributed by atoms with van der Waals surface area (Å²) in [4.78, 5) is 0.174. The Morgan fingerprint density at radius 2 is 1.76 bits per heavy atom. The van der Waals surface area contributed by atoms with E-state index in [0.29, 0.717) is 20.9 Å². The molecule has 0 radical (unpaired) electrons. The lowest BCUT2D eigenvalue weighted by Crippen LogP contribution is -2.26. The summed E-state index contributed by atoms with van der Waals surface area (Å²) >= 11 is 9.10. The lowest BCUT2D eigenvalue weighted by atomic mass is 10.3. The van der Waals surface area contributed by atoms with Gasteiger partial charge in [0.05, 0.1) is 22.2 Å². The van der Waals surface area contributed by atoms with Crippen molar-refractivity contribution in [1.29, 1.82) is 0 Å². The number of anilines is 1. The van der Waals surface area contributed by atoms with Crippen LogP contribution in [0.3, 0.4) is 0 Å². The van der Waals surface area contributed by atoms with Gasteiger partial charge in [0.15, 0.2) is 0 Å². The van der Waals surface area contributed by atoms with Crippen molar-refractivity contribution in [2.24, 2.45) is 0 Å². The van der Waals surface area contributed by atoms with Gasteiger partial charge in [-0.3, -0.25) is 4.31 Å². The molecule has 2 aromatic carbocycles. The Kier molecular flexibility index (Phi) is 4.81. The van der Waals surface area contributed by atoms with E-state index in [-0.39, 0.29) is 4.90 Å². The van der Waals surface area contributed by atoms with Gasteiger partial charge < -0.3 is 4.74 Å². The van der Waals surface area contributed by atoms with E-state index in [2.05, 4.69) is 15.9 Å². The standard InChI is InChI=1S/C14H13BrClNO3S/c1-17(11-5-3-10(16)4-6-11)21(18,19)12-7-8-14(20-2)13(15)9-12/h3-9H,1-2H3. The van der Waals surface area contributed by atoms with Crippen LogP contribution in [0.5, 0.6) is 5.75 Å². The zero-order valence-corrected chi connectivity index (χ0v) is 14.5. The highest BCUT2D eigenvalue weighted by molar-refractivity contribution is 9.10. The number of nitrogens with zero attached hydrogens (tertiary/aromatic N) is 1. The molecule has 0 aliphatic rings.